The Hall–Kier alpha value is -2.55. The second-order valence-corrected chi connectivity index (χ2v) is 6.47. The summed E-state index contributed by atoms with van der Waals surface area (Å²) in [6.45, 7) is 0. The summed E-state index contributed by atoms with van der Waals surface area (Å²) in [5, 5.41) is 2.37. The standard InChI is InChI=1S/C15H13F3N2O3S/c16-15(17,18)11-7-9-13(10-8-11)24(22,23)20-14(21)19-12-5-3-1-2-4-6-12/h1-5,7-10H,6H2,(H2,19,20,21). The van der Waals surface area contributed by atoms with Gasteiger partial charge in [-0.2, -0.15) is 13.2 Å². The molecule has 0 radical (unpaired) electrons. The fourth-order valence-corrected chi connectivity index (χ4v) is 2.75. The largest absolute Gasteiger partial charge is 0.416 e. The summed E-state index contributed by atoms with van der Waals surface area (Å²) < 4.78 is 63.2. The Labute approximate surface area is 136 Å². The van der Waals surface area contributed by atoms with E-state index in [-0.39, 0.29) is 0 Å². The molecule has 0 aliphatic heterocycles. The van der Waals surface area contributed by atoms with Crippen LogP contribution in [0.1, 0.15) is 12.0 Å². The molecule has 0 bridgehead atoms. The van der Waals surface area contributed by atoms with Crippen molar-refractivity contribution in [1.82, 2.24) is 10.0 Å². The minimum absolute atomic E-state index is 0.404. The molecule has 1 aromatic rings. The van der Waals surface area contributed by atoms with Crippen LogP contribution in [0.4, 0.5) is 18.0 Å². The van der Waals surface area contributed by atoms with E-state index in [9.17, 15) is 26.4 Å². The summed E-state index contributed by atoms with van der Waals surface area (Å²) in [6.07, 6.45) is 4.38. The molecular weight excluding hydrogens is 345 g/mol. The molecule has 128 valence electrons. The average Bonchev–Trinajstić information content (AvgIpc) is 2.74. The molecule has 1 aromatic carbocycles. The van der Waals surface area contributed by atoms with Crippen LogP contribution in [0.5, 0.6) is 0 Å². The van der Waals surface area contributed by atoms with Gasteiger partial charge in [-0.3, -0.25) is 0 Å². The third kappa shape index (κ3) is 4.72. The van der Waals surface area contributed by atoms with Crippen molar-refractivity contribution in [3.05, 3.63) is 65.9 Å². The van der Waals surface area contributed by atoms with Crippen LogP contribution in [-0.4, -0.2) is 14.4 Å². The third-order valence-electron chi connectivity index (χ3n) is 2.99. The predicted octanol–water partition coefficient (Wildman–Crippen LogP) is 3.09. The lowest BCUT2D eigenvalue weighted by molar-refractivity contribution is -0.137. The SMILES string of the molecule is O=C(NC1=CC=CC=CC1)NS(=O)(=O)c1ccc(C(F)(F)F)cc1. The van der Waals surface area contributed by atoms with Crippen molar-refractivity contribution in [3.63, 3.8) is 0 Å². The Morgan fingerprint density at radius 3 is 2.33 bits per heavy atom. The van der Waals surface area contributed by atoms with Gasteiger partial charge in [-0.15, -0.1) is 0 Å². The molecule has 0 heterocycles. The van der Waals surface area contributed by atoms with Gasteiger partial charge in [-0.1, -0.05) is 24.3 Å². The van der Waals surface area contributed by atoms with E-state index in [0.717, 1.165) is 12.1 Å². The smallest absolute Gasteiger partial charge is 0.311 e. The molecule has 1 aliphatic rings. The molecule has 2 rings (SSSR count). The first-order valence-corrected chi connectivity index (χ1v) is 8.20. The van der Waals surface area contributed by atoms with Crippen LogP contribution in [0, 0.1) is 0 Å². The lowest BCUT2D eigenvalue weighted by atomic mass is 10.2. The van der Waals surface area contributed by atoms with E-state index in [4.69, 9.17) is 0 Å². The van der Waals surface area contributed by atoms with E-state index < -0.39 is 32.7 Å². The first-order chi connectivity index (χ1) is 11.2. The Morgan fingerprint density at radius 2 is 1.71 bits per heavy atom. The van der Waals surface area contributed by atoms with Crippen molar-refractivity contribution >= 4 is 16.1 Å². The highest BCUT2D eigenvalue weighted by molar-refractivity contribution is 7.90. The number of hydrogen-bond donors (Lipinski definition) is 2. The first-order valence-electron chi connectivity index (χ1n) is 6.72. The third-order valence-corrected chi connectivity index (χ3v) is 4.33. The quantitative estimate of drug-likeness (QED) is 0.872. The summed E-state index contributed by atoms with van der Waals surface area (Å²) in [7, 11) is -4.27. The van der Waals surface area contributed by atoms with Crippen molar-refractivity contribution in [2.45, 2.75) is 17.5 Å². The van der Waals surface area contributed by atoms with Crippen molar-refractivity contribution in [2.75, 3.05) is 0 Å². The first kappa shape index (κ1) is 17.8. The topological polar surface area (TPSA) is 75.3 Å². The molecule has 0 unspecified atom stereocenters. The van der Waals surface area contributed by atoms with Crippen LogP contribution in [-0.2, 0) is 16.2 Å². The van der Waals surface area contributed by atoms with Gasteiger partial charge < -0.3 is 5.32 Å². The number of carbonyl (C=O) groups excluding carboxylic acids is 1. The lowest BCUT2D eigenvalue weighted by Gasteiger charge is -2.11. The van der Waals surface area contributed by atoms with Gasteiger partial charge in [0.15, 0.2) is 0 Å². The molecule has 2 N–H and O–H groups in total. The maximum atomic E-state index is 12.5. The van der Waals surface area contributed by atoms with E-state index in [1.54, 1.807) is 35.1 Å². The second-order valence-electron chi connectivity index (χ2n) is 4.79. The number of benzene rings is 1. The number of alkyl halides is 3. The Balaban J connectivity index is 2.07. The van der Waals surface area contributed by atoms with Gasteiger partial charge in [0.25, 0.3) is 10.0 Å². The summed E-state index contributed by atoms with van der Waals surface area (Å²) >= 11 is 0. The summed E-state index contributed by atoms with van der Waals surface area (Å²) in [4.78, 5) is 11.3. The van der Waals surface area contributed by atoms with Crippen molar-refractivity contribution in [3.8, 4) is 0 Å². The number of urea groups is 1. The molecule has 0 spiro atoms. The van der Waals surface area contributed by atoms with Crippen molar-refractivity contribution in [2.24, 2.45) is 0 Å². The van der Waals surface area contributed by atoms with E-state index in [1.165, 1.54) is 0 Å². The number of rotatable bonds is 3. The number of allylic oxidation sites excluding steroid dienone is 5. The zero-order valence-electron chi connectivity index (χ0n) is 12.2. The number of hydrogen-bond acceptors (Lipinski definition) is 3. The number of nitrogens with one attached hydrogen (secondary N) is 2. The van der Waals surface area contributed by atoms with E-state index >= 15 is 0 Å². The molecule has 5 nitrogen and oxygen atoms in total. The monoisotopic (exact) mass is 358 g/mol. The highest BCUT2D eigenvalue weighted by Crippen LogP contribution is 2.29. The zero-order chi connectivity index (χ0) is 17.8. The Morgan fingerprint density at radius 1 is 1.04 bits per heavy atom. The van der Waals surface area contributed by atoms with Crippen LogP contribution < -0.4 is 10.0 Å². The lowest BCUT2D eigenvalue weighted by Crippen LogP contribution is -2.38. The molecule has 0 aromatic heterocycles. The molecular formula is C15H13F3N2O3S. The molecule has 0 atom stereocenters. The normalized spacial score (nSPS) is 14.7. The van der Waals surface area contributed by atoms with Crippen LogP contribution in [0.15, 0.2) is 65.2 Å². The Kier molecular flexibility index (Phi) is 5.13. The fraction of sp³-hybridized carbons (Fsp3) is 0.133. The summed E-state index contributed by atoms with van der Waals surface area (Å²) in [5.41, 5.74) is -0.506. The van der Waals surface area contributed by atoms with Gasteiger partial charge in [0.2, 0.25) is 0 Å². The predicted molar refractivity (Wildman–Crippen MR) is 81.3 cm³/mol. The molecule has 24 heavy (non-hydrogen) atoms. The van der Waals surface area contributed by atoms with Gasteiger partial charge in [-0.05, 0) is 30.3 Å². The maximum Gasteiger partial charge on any atom is 0.416 e. The van der Waals surface area contributed by atoms with E-state index in [2.05, 4.69) is 5.32 Å². The Bertz CT molecular complexity index is 807. The van der Waals surface area contributed by atoms with Gasteiger partial charge in [0.05, 0.1) is 10.5 Å². The summed E-state index contributed by atoms with van der Waals surface area (Å²) in [6, 6.07) is 1.85. The second kappa shape index (κ2) is 6.91. The van der Waals surface area contributed by atoms with E-state index in [1.807, 2.05) is 0 Å². The molecule has 1 aliphatic carbocycles. The van der Waals surface area contributed by atoms with Gasteiger partial charge in [0, 0.05) is 12.1 Å². The van der Waals surface area contributed by atoms with E-state index in [0.29, 0.717) is 24.3 Å². The zero-order valence-corrected chi connectivity index (χ0v) is 13.0. The summed E-state index contributed by atoms with van der Waals surface area (Å²) in [5.74, 6) is 0. The number of halogens is 3. The van der Waals surface area contributed by atoms with Crippen molar-refractivity contribution < 1.29 is 26.4 Å². The van der Waals surface area contributed by atoms with Gasteiger partial charge >= 0.3 is 12.2 Å². The molecule has 0 fully saturated rings. The molecule has 2 amide bonds. The number of sulfonamides is 1. The van der Waals surface area contributed by atoms with Gasteiger partial charge in [-0.25, -0.2) is 17.9 Å². The van der Waals surface area contributed by atoms with Crippen LogP contribution in [0.3, 0.4) is 0 Å². The maximum absolute atomic E-state index is 12.5. The fourth-order valence-electron chi connectivity index (χ4n) is 1.85. The highest BCUT2D eigenvalue weighted by atomic mass is 32.2. The van der Waals surface area contributed by atoms with Crippen LogP contribution >= 0.6 is 0 Å². The number of carbonyl (C=O) groups is 1. The molecule has 9 heteroatoms. The van der Waals surface area contributed by atoms with Gasteiger partial charge in [0.1, 0.15) is 0 Å². The van der Waals surface area contributed by atoms with Crippen LogP contribution in [0.25, 0.3) is 0 Å². The molecule has 0 saturated heterocycles. The molecule has 0 saturated carbocycles. The van der Waals surface area contributed by atoms with Crippen LogP contribution in [0.2, 0.25) is 0 Å². The minimum Gasteiger partial charge on any atom is -0.311 e. The average molecular weight is 358 g/mol. The number of amides is 2. The van der Waals surface area contributed by atoms with Crippen molar-refractivity contribution in [1.29, 1.82) is 0 Å². The minimum atomic E-state index is -4.57. The highest BCUT2D eigenvalue weighted by Gasteiger charge is 2.30.